The molecule has 0 N–H and O–H groups in total. The van der Waals surface area contributed by atoms with E-state index in [-0.39, 0.29) is 18.5 Å². The Bertz CT molecular complexity index is 727. The molecule has 1 heterocycles. The molecule has 0 amide bonds. The molecule has 1 aliphatic heterocycles. The van der Waals surface area contributed by atoms with Gasteiger partial charge in [-0.2, -0.15) is 0 Å². The summed E-state index contributed by atoms with van der Waals surface area (Å²) in [5, 5.41) is -0.333. The third-order valence-corrected chi connectivity index (χ3v) is 6.76. The SMILES string of the molecule is CCOP(=O)(OCC)c1cc(B2OC(C)(C)C(C)(C)O2)ccc1OC(F)(F)F. The Morgan fingerprint density at radius 3 is 1.96 bits per heavy atom. The highest BCUT2D eigenvalue weighted by molar-refractivity contribution is 7.62. The van der Waals surface area contributed by atoms with Crippen LogP contribution in [0.2, 0.25) is 0 Å². The van der Waals surface area contributed by atoms with Gasteiger partial charge >= 0.3 is 21.1 Å². The smallest absolute Gasteiger partial charge is 0.405 e. The van der Waals surface area contributed by atoms with E-state index in [4.69, 9.17) is 18.4 Å². The van der Waals surface area contributed by atoms with Crippen molar-refractivity contribution in [3.63, 3.8) is 0 Å². The highest BCUT2D eigenvalue weighted by Gasteiger charge is 2.52. The van der Waals surface area contributed by atoms with Crippen LogP contribution in [0.3, 0.4) is 0 Å². The Morgan fingerprint density at radius 2 is 1.54 bits per heavy atom. The summed E-state index contributed by atoms with van der Waals surface area (Å²) in [6, 6.07) is 3.69. The minimum Gasteiger partial charge on any atom is -0.405 e. The van der Waals surface area contributed by atoms with Gasteiger partial charge < -0.3 is 23.1 Å². The van der Waals surface area contributed by atoms with Gasteiger partial charge in [0.2, 0.25) is 0 Å². The lowest BCUT2D eigenvalue weighted by Crippen LogP contribution is -2.41. The van der Waals surface area contributed by atoms with Crippen molar-refractivity contribution >= 4 is 25.5 Å². The van der Waals surface area contributed by atoms with E-state index >= 15 is 0 Å². The molecule has 0 radical (unpaired) electrons. The first-order chi connectivity index (χ1) is 12.7. The number of halogens is 3. The highest BCUT2D eigenvalue weighted by atomic mass is 31.2. The van der Waals surface area contributed by atoms with Crippen molar-refractivity contribution in [2.75, 3.05) is 13.2 Å². The van der Waals surface area contributed by atoms with Crippen molar-refractivity contribution in [1.82, 2.24) is 0 Å². The van der Waals surface area contributed by atoms with E-state index in [1.807, 2.05) is 27.7 Å². The van der Waals surface area contributed by atoms with Gasteiger partial charge in [0, 0.05) is 0 Å². The number of hydrogen-bond acceptors (Lipinski definition) is 6. The van der Waals surface area contributed by atoms with Crippen LogP contribution in [0.4, 0.5) is 13.2 Å². The summed E-state index contributed by atoms with van der Waals surface area (Å²) in [5.41, 5.74) is -0.923. The molecule has 1 aliphatic rings. The lowest BCUT2D eigenvalue weighted by atomic mass is 9.79. The van der Waals surface area contributed by atoms with Crippen molar-refractivity contribution in [2.45, 2.75) is 59.1 Å². The zero-order valence-electron chi connectivity index (χ0n) is 16.8. The summed E-state index contributed by atoms with van der Waals surface area (Å²) in [6.07, 6.45) is -4.97. The molecule has 0 spiro atoms. The number of benzene rings is 1. The average molecular weight is 424 g/mol. The number of alkyl halides is 3. The van der Waals surface area contributed by atoms with Gasteiger partial charge in [-0.15, -0.1) is 13.2 Å². The summed E-state index contributed by atoms with van der Waals surface area (Å²) in [5.74, 6) is -0.655. The van der Waals surface area contributed by atoms with Gasteiger partial charge in [0.05, 0.1) is 24.4 Å². The molecule has 0 aliphatic carbocycles. The molecule has 28 heavy (non-hydrogen) atoms. The van der Waals surface area contributed by atoms with Gasteiger partial charge in [-0.3, -0.25) is 4.57 Å². The van der Waals surface area contributed by atoms with E-state index in [0.29, 0.717) is 5.46 Å². The minimum absolute atomic E-state index is 0.0244. The number of ether oxygens (including phenoxy) is 1. The Labute approximate surface area is 163 Å². The van der Waals surface area contributed by atoms with Crippen LogP contribution < -0.4 is 15.5 Å². The van der Waals surface area contributed by atoms with Crippen LogP contribution in [0.1, 0.15) is 41.5 Å². The average Bonchev–Trinajstić information content (AvgIpc) is 2.74. The molecule has 0 bridgehead atoms. The molecule has 0 atom stereocenters. The fourth-order valence-electron chi connectivity index (χ4n) is 2.60. The van der Waals surface area contributed by atoms with Gasteiger partial charge in [0.25, 0.3) is 0 Å². The maximum atomic E-state index is 13.2. The summed E-state index contributed by atoms with van der Waals surface area (Å²) in [7, 11) is -4.92. The summed E-state index contributed by atoms with van der Waals surface area (Å²) < 4.78 is 78.0. The van der Waals surface area contributed by atoms with E-state index in [2.05, 4.69) is 4.74 Å². The second-order valence-corrected chi connectivity index (χ2v) is 9.19. The Kier molecular flexibility index (Phi) is 6.63. The summed E-state index contributed by atoms with van der Waals surface area (Å²) in [4.78, 5) is 0. The van der Waals surface area contributed by atoms with Crippen LogP contribution in [0.15, 0.2) is 18.2 Å². The van der Waals surface area contributed by atoms with Crippen molar-refractivity contribution in [3.05, 3.63) is 18.2 Å². The van der Waals surface area contributed by atoms with Gasteiger partial charge in [-0.25, -0.2) is 0 Å². The summed E-state index contributed by atoms with van der Waals surface area (Å²) in [6.45, 7) is 10.5. The van der Waals surface area contributed by atoms with Crippen molar-refractivity contribution in [3.8, 4) is 5.75 Å². The molecular weight excluding hydrogens is 399 g/mol. The monoisotopic (exact) mass is 424 g/mol. The minimum atomic E-state index is -4.97. The van der Waals surface area contributed by atoms with Crippen molar-refractivity contribution in [1.29, 1.82) is 0 Å². The molecule has 11 heteroatoms. The Morgan fingerprint density at radius 1 is 1.04 bits per heavy atom. The van der Waals surface area contributed by atoms with E-state index in [9.17, 15) is 17.7 Å². The zero-order chi connectivity index (χ0) is 21.4. The first-order valence-electron chi connectivity index (χ1n) is 8.89. The zero-order valence-corrected chi connectivity index (χ0v) is 17.6. The van der Waals surface area contributed by atoms with Gasteiger partial charge in [0.15, 0.2) is 0 Å². The van der Waals surface area contributed by atoms with Crippen molar-refractivity contribution in [2.24, 2.45) is 0 Å². The van der Waals surface area contributed by atoms with Crippen LogP contribution in [0, 0.1) is 0 Å². The fraction of sp³-hybridized carbons (Fsp3) is 0.647. The summed E-state index contributed by atoms with van der Waals surface area (Å²) >= 11 is 0. The maximum Gasteiger partial charge on any atom is 0.573 e. The number of hydrogen-bond donors (Lipinski definition) is 0. The predicted octanol–water partition coefficient (Wildman–Crippen LogP) is 3.78. The molecule has 1 fully saturated rings. The molecule has 6 nitrogen and oxygen atoms in total. The molecule has 158 valence electrons. The highest BCUT2D eigenvalue weighted by Crippen LogP contribution is 2.49. The van der Waals surface area contributed by atoms with E-state index in [0.717, 1.165) is 6.07 Å². The molecular formula is C17H25BF3O6P. The van der Waals surface area contributed by atoms with E-state index in [1.54, 1.807) is 13.8 Å². The van der Waals surface area contributed by atoms with E-state index in [1.165, 1.54) is 12.1 Å². The third kappa shape index (κ3) is 4.91. The topological polar surface area (TPSA) is 63.2 Å². The standard InChI is InChI=1S/C17H25BF3O6P/c1-7-23-28(22,24-8-2)14-11-12(9-10-13(14)25-17(19,20)21)18-26-15(3,4)16(5,6)27-18/h9-11H,7-8H2,1-6H3. The van der Waals surface area contributed by atoms with E-state index < -0.39 is 38.0 Å². The molecule has 2 rings (SSSR count). The molecule has 1 aromatic rings. The quantitative estimate of drug-likeness (QED) is 0.491. The predicted molar refractivity (Wildman–Crippen MR) is 99.3 cm³/mol. The largest absolute Gasteiger partial charge is 0.573 e. The maximum absolute atomic E-state index is 13.2. The van der Waals surface area contributed by atoms with Crippen LogP contribution in [-0.4, -0.2) is 37.9 Å². The van der Waals surface area contributed by atoms with Crippen LogP contribution >= 0.6 is 7.60 Å². The molecule has 0 unspecified atom stereocenters. The van der Waals surface area contributed by atoms with Crippen LogP contribution in [-0.2, 0) is 22.9 Å². The second-order valence-electron chi connectivity index (χ2n) is 7.20. The first-order valence-corrected chi connectivity index (χ1v) is 10.4. The van der Waals surface area contributed by atoms with Crippen LogP contribution in [0.5, 0.6) is 5.75 Å². The molecule has 0 aromatic heterocycles. The normalized spacial score (nSPS) is 19.1. The molecule has 1 aromatic carbocycles. The van der Waals surface area contributed by atoms with Gasteiger partial charge in [-0.1, -0.05) is 6.07 Å². The van der Waals surface area contributed by atoms with Gasteiger partial charge in [0.1, 0.15) is 11.1 Å². The van der Waals surface area contributed by atoms with Gasteiger partial charge in [-0.05, 0) is 59.1 Å². The third-order valence-electron chi connectivity index (χ3n) is 4.63. The molecule has 0 saturated carbocycles. The first kappa shape index (κ1) is 23.2. The Hall–Kier alpha value is -1.06. The number of rotatable bonds is 7. The Balaban J connectivity index is 2.53. The lowest BCUT2D eigenvalue weighted by Gasteiger charge is -2.32. The van der Waals surface area contributed by atoms with Crippen LogP contribution in [0.25, 0.3) is 0 Å². The molecule has 1 saturated heterocycles. The second kappa shape index (κ2) is 7.99. The van der Waals surface area contributed by atoms with Crippen molar-refractivity contribution < 1.29 is 40.8 Å². The fourth-order valence-corrected chi connectivity index (χ4v) is 4.33. The lowest BCUT2D eigenvalue weighted by molar-refractivity contribution is -0.274.